The number of nitrogens with zero attached hydrogens (tertiary/aromatic N) is 3. The summed E-state index contributed by atoms with van der Waals surface area (Å²) in [5, 5.41) is 10.2. The number of aromatic hydroxyl groups is 1. The minimum absolute atomic E-state index is 0.0264. The zero-order chi connectivity index (χ0) is 30.6. The molecule has 0 saturated carbocycles. The monoisotopic (exact) mass is 599 g/mol. The molecule has 3 aliphatic rings. The van der Waals surface area contributed by atoms with Crippen molar-refractivity contribution in [1.29, 1.82) is 0 Å². The highest BCUT2D eigenvalue weighted by molar-refractivity contribution is 5.95. The van der Waals surface area contributed by atoms with Crippen LogP contribution in [0.2, 0.25) is 0 Å². The lowest BCUT2D eigenvalue weighted by molar-refractivity contribution is -0.143. The summed E-state index contributed by atoms with van der Waals surface area (Å²) in [7, 11) is 0. The van der Waals surface area contributed by atoms with Crippen molar-refractivity contribution in [3.63, 3.8) is 0 Å². The Balaban J connectivity index is 1.38. The van der Waals surface area contributed by atoms with E-state index < -0.39 is 41.0 Å². The molecule has 3 atom stereocenters. The summed E-state index contributed by atoms with van der Waals surface area (Å²) in [6, 6.07) is 5.88. The van der Waals surface area contributed by atoms with Crippen LogP contribution < -0.4 is 0 Å². The van der Waals surface area contributed by atoms with Gasteiger partial charge in [0.15, 0.2) is 0 Å². The van der Waals surface area contributed by atoms with Gasteiger partial charge >= 0.3 is 12.4 Å². The second kappa shape index (κ2) is 11.0. The zero-order valence-corrected chi connectivity index (χ0v) is 23.7. The maximum Gasteiger partial charge on any atom is 0.416 e. The van der Waals surface area contributed by atoms with Gasteiger partial charge in [0, 0.05) is 56.9 Å². The highest BCUT2D eigenvalue weighted by Gasteiger charge is 2.50. The standard InChI is InChI=1S/C30H35F6N3O3/c1-18-4-5-19(11-25(18)40)10-23-16-37(6-8-38-17-24-15-26(38)28(2,3)42-24)7-9-39(23)27(41)20-12-21(29(31,32)33)14-22(13-20)30(34,35)36/h4-5,11-14,23-24,26,40H,6-10,15-17H2,1-3H3/t23?,24-,26+/m1/s1. The van der Waals surface area contributed by atoms with Crippen LogP contribution in [0.15, 0.2) is 36.4 Å². The molecule has 230 valence electrons. The lowest BCUT2D eigenvalue weighted by Gasteiger charge is -2.43. The van der Waals surface area contributed by atoms with E-state index in [-0.39, 0.29) is 36.5 Å². The minimum atomic E-state index is -5.05. The van der Waals surface area contributed by atoms with Gasteiger partial charge < -0.3 is 14.7 Å². The Morgan fingerprint density at radius 1 is 0.976 bits per heavy atom. The fraction of sp³-hybridized carbons (Fsp3) is 0.567. The van der Waals surface area contributed by atoms with Crippen molar-refractivity contribution in [2.45, 2.75) is 69.8 Å². The maximum absolute atomic E-state index is 13.6. The van der Waals surface area contributed by atoms with E-state index in [0.29, 0.717) is 48.9 Å². The van der Waals surface area contributed by atoms with Crippen LogP contribution >= 0.6 is 0 Å². The number of ether oxygens (including phenoxy) is 1. The Bertz CT molecular complexity index is 1300. The van der Waals surface area contributed by atoms with E-state index in [4.69, 9.17) is 4.74 Å². The van der Waals surface area contributed by atoms with Gasteiger partial charge in [-0.3, -0.25) is 14.6 Å². The normalized spacial score (nSPS) is 24.9. The first-order valence-corrected chi connectivity index (χ1v) is 14.0. The molecular formula is C30H35F6N3O3. The van der Waals surface area contributed by atoms with E-state index in [1.165, 1.54) is 4.90 Å². The molecule has 1 N–H and O–H groups in total. The Kier molecular flexibility index (Phi) is 8.04. The van der Waals surface area contributed by atoms with E-state index in [2.05, 4.69) is 23.6 Å². The number of alkyl halides is 6. The SMILES string of the molecule is Cc1ccc(CC2CN(CCN3C[C@H]4C[C@H]3C(C)(C)O4)CCN2C(=O)c2cc(C(F)(F)F)cc(C(F)(F)F)c2)cc1O. The first-order valence-electron chi connectivity index (χ1n) is 14.0. The minimum Gasteiger partial charge on any atom is -0.508 e. The molecule has 3 fully saturated rings. The molecule has 5 rings (SSSR count). The van der Waals surface area contributed by atoms with Crippen molar-refractivity contribution in [2.75, 3.05) is 39.3 Å². The molecule has 1 amide bonds. The summed E-state index contributed by atoms with van der Waals surface area (Å²) in [6.45, 7) is 9.16. The van der Waals surface area contributed by atoms with Gasteiger partial charge in [-0.25, -0.2) is 0 Å². The van der Waals surface area contributed by atoms with Gasteiger partial charge in [0.05, 0.1) is 22.8 Å². The molecule has 12 heteroatoms. The van der Waals surface area contributed by atoms with E-state index in [1.54, 1.807) is 25.1 Å². The fourth-order valence-electron chi connectivity index (χ4n) is 6.56. The van der Waals surface area contributed by atoms with Gasteiger partial charge in [0.2, 0.25) is 0 Å². The van der Waals surface area contributed by atoms with Gasteiger partial charge in [-0.15, -0.1) is 0 Å². The fourth-order valence-corrected chi connectivity index (χ4v) is 6.56. The summed E-state index contributed by atoms with van der Waals surface area (Å²) in [5.74, 6) is -0.817. The highest BCUT2D eigenvalue weighted by Crippen LogP contribution is 2.40. The first kappa shape index (κ1) is 30.6. The second-order valence-corrected chi connectivity index (χ2v) is 12.2. The van der Waals surface area contributed by atoms with Crippen molar-refractivity contribution >= 4 is 5.91 Å². The second-order valence-electron chi connectivity index (χ2n) is 12.2. The molecule has 6 nitrogen and oxygen atoms in total. The number of fused-ring (bicyclic) bond motifs is 2. The van der Waals surface area contributed by atoms with Crippen LogP contribution in [0.4, 0.5) is 26.3 Å². The number of hydrogen-bond donors (Lipinski definition) is 1. The van der Waals surface area contributed by atoms with Crippen LogP contribution in [0.5, 0.6) is 5.75 Å². The van der Waals surface area contributed by atoms with E-state index >= 15 is 0 Å². The van der Waals surface area contributed by atoms with Crippen LogP contribution in [0.25, 0.3) is 0 Å². The summed E-state index contributed by atoms with van der Waals surface area (Å²) < 4.78 is 87.1. The molecule has 1 unspecified atom stereocenters. The smallest absolute Gasteiger partial charge is 0.416 e. The van der Waals surface area contributed by atoms with E-state index in [9.17, 15) is 36.2 Å². The summed E-state index contributed by atoms with van der Waals surface area (Å²) in [5.41, 5.74) is -2.56. The molecule has 3 saturated heterocycles. The third kappa shape index (κ3) is 6.40. The molecule has 0 aromatic heterocycles. The number of aryl methyl sites for hydroxylation is 1. The predicted molar refractivity (Wildman–Crippen MR) is 143 cm³/mol. The molecule has 2 bridgehead atoms. The summed E-state index contributed by atoms with van der Waals surface area (Å²) in [4.78, 5) is 19.6. The number of morpholine rings is 1. The van der Waals surface area contributed by atoms with E-state index in [1.807, 2.05) is 0 Å². The van der Waals surface area contributed by atoms with Crippen LogP contribution in [0.1, 0.15) is 52.9 Å². The third-order valence-corrected chi connectivity index (χ3v) is 8.75. The quantitative estimate of drug-likeness (QED) is 0.454. The molecule has 0 aliphatic carbocycles. The van der Waals surface area contributed by atoms with Crippen molar-refractivity contribution in [3.8, 4) is 5.75 Å². The first-order chi connectivity index (χ1) is 19.5. The molecular weight excluding hydrogens is 564 g/mol. The number of piperazine rings is 1. The number of phenols is 1. The number of carbonyl (C=O) groups is 1. The van der Waals surface area contributed by atoms with Gasteiger partial charge in [0.1, 0.15) is 5.75 Å². The summed E-state index contributed by atoms with van der Waals surface area (Å²) in [6.07, 6.45) is -8.65. The van der Waals surface area contributed by atoms with Gasteiger partial charge in [-0.05, 0) is 69.0 Å². The number of hydrogen-bond acceptors (Lipinski definition) is 5. The Labute approximate surface area is 240 Å². The van der Waals surface area contributed by atoms with Crippen molar-refractivity contribution in [1.82, 2.24) is 14.7 Å². The topological polar surface area (TPSA) is 56.2 Å². The zero-order valence-electron chi connectivity index (χ0n) is 23.7. The molecule has 3 aliphatic heterocycles. The molecule has 42 heavy (non-hydrogen) atoms. The highest BCUT2D eigenvalue weighted by atomic mass is 19.4. The molecule has 0 radical (unpaired) electrons. The number of amides is 1. The Morgan fingerprint density at radius 3 is 2.21 bits per heavy atom. The lowest BCUT2D eigenvalue weighted by Crippen LogP contribution is -2.58. The number of phenolic OH excluding ortho intramolecular Hbond substituents is 1. The third-order valence-electron chi connectivity index (χ3n) is 8.75. The largest absolute Gasteiger partial charge is 0.508 e. The average Bonchev–Trinajstić information content (AvgIpc) is 3.44. The van der Waals surface area contributed by atoms with Crippen LogP contribution in [-0.4, -0.2) is 88.8 Å². The number of benzene rings is 2. The van der Waals surface area contributed by atoms with E-state index in [0.717, 1.165) is 19.5 Å². The van der Waals surface area contributed by atoms with Gasteiger partial charge in [0.25, 0.3) is 5.91 Å². The van der Waals surface area contributed by atoms with Gasteiger partial charge in [-0.1, -0.05) is 12.1 Å². The molecule has 2 aromatic carbocycles. The predicted octanol–water partition coefficient (Wildman–Crippen LogP) is 5.36. The summed E-state index contributed by atoms with van der Waals surface area (Å²) >= 11 is 0. The Morgan fingerprint density at radius 2 is 1.64 bits per heavy atom. The number of carbonyl (C=O) groups excluding carboxylic acids is 1. The van der Waals surface area contributed by atoms with Crippen LogP contribution in [-0.2, 0) is 23.5 Å². The van der Waals surface area contributed by atoms with Crippen LogP contribution in [0.3, 0.4) is 0 Å². The number of halogens is 6. The van der Waals surface area contributed by atoms with Crippen molar-refractivity contribution < 1.29 is 41.0 Å². The molecule has 3 heterocycles. The van der Waals surface area contributed by atoms with Gasteiger partial charge in [-0.2, -0.15) is 26.3 Å². The number of likely N-dealkylation sites (tertiary alicyclic amines) is 1. The van der Waals surface area contributed by atoms with Crippen LogP contribution in [0, 0.1) is 6.92 Å². The average molecular weight is 600 g/mol. The lowest BCUT2D eigenvalue weighted by atomic mass is 9.98. The maximum atomic E-state index is 13.6. The Hall–Kier alpha value is -2.83. The number of rotatable bonds is 6. The van der Waals surface area contributed by atoms with Crippen molar-refractivity contribution in [2.24, 2.45) is 0 Å². The van der Waals surface area contributed by atoms with Crippen molar-refractivity contribution in [3.05, 3.63) is 64.2 Å². The molecule has 0 spiro atoms. The molecule has 2 aromatic rings.